The number of nitrogens with two attached hydrogens (primary N) is 2. The van der Waals surface area contributed by atoms with Crippen LogP contribution in [0.5, 0.6) is 0 Å². The van der Waals surface area contributed by atoms with Crippen LogP contribution in [0.2, 0.25) is 0 Å². The minimum atomic E-state index is -2.00. The Labute approximate surface area is 504 Å². The minimum Gasteiger partial charge on any atom is -0.391 e. The lowest BCUT2D eigenvalue weighted by atomic mass is 9.90. The molecule has 2 saturated heterocycles. The van der Waals surface area contributed by atoms with Gasteiger partial charge in [0.15, 0.2) is 6.10 Å². The number of hydrogen-bond acceptors (Lipinski definition) is 15. The van der Waals surface area contributed by atoms with E-state index in [-0.39, 0.29) is 24.8 Å². The van der Waals surface area contributed by atoms with Crippen molar-refractivity contribution in [2.24, 2.45) is 29.2 Å². The lowest BCUT2D eigenvalue weighted by Gasteiger charge is -2.36. The second-order valence-electron chi connectivity index (χ2n) is 23.0. The zero-order valence-corrected chi connectivity index (χ0v) is 52.1. The van der Waals surface area contributed by atoms with Gasteiger partial charge in [-0.3, -0.25) is 57.5 Å². The Kier molecular flexibility index (Phi) is 32.7. The molecule has 0 bridgehead atoms. The van der Waals surface area contributed by atoms with Gasteiger partial charge in [0.1, 0.15) is 48.0 Å². The number of methoxy groups -OCH3 is 1. The summed E-state index contributed by atoms with van der Waals surface area (Å²) in [5.74, 6) is -13.6. The van der Waals surface area contributed by atoms with Crippen LogP contribution >= 0.6 is 11.6 Å². The van der Waals surface area contributed by atoms with Gasteiger partial charge in [0.2, 0.25) is 59.1 Å². The highest BCUT2D eigenvalue weighted by Gasteiger charge is 2.44. The van der Waals surface area contributed by atoms with Crippen LogP contribution in [-0.2, 0) is 62.3 Å². The molecule has 2 aliphatic heterocycles. The third-order valence-electron chi connectivity index (χ3n) is 15.5. The summed E-state index contributed by atoms with van der Waals surface area (Å²) >= 11 is 6.28. The summed E-state index contributed by atoms with van der Waals surface area (Å²) in [7, 11) is 2.42. The monoisotopic (exact) mass is 1220 g/mol. The standard InChI is InChI=1S/C57H97ClN12O15/c1-12-35(58)23-20-18-16-14-15-17-19-22-32(7)45-48(75)55(82)66-44(31(5)6)52(79)62-36(13-2)50(77)68-46(33(8)71)54(81)65-43(30(3)4)53(80)63-37(25-26-40(59)72)49(76)61-29-42(74)64-47(34(9)85-11)57(84)69(10)39(28-41(60)73)56(83)70-27-21-24-38(70)51(78)67-45/h13,30-35,37-39,43-48,71,75H,12,14-29H2,1-11H3,(H2,59,72)(H2,60,73)(H,61,76)(H,62,79)(H,63,80)(H,64,74)(H,65,81)(H,66,82)(H,67,78)(H,68,77)/b36-13+/t32-,33-,34-,35?,37-,38-,39-,43-,44-,45+,46-,47-,48+/m0/s1. The number of ether oxygens (including phenoxy) is 1. The molecule has 12 amide bonds. The Morgan fingerprint density at radius 1 is 0.706 bits per heavy atom. The van der Waals surface area contributed by atoms with Crippen LogP contribution in [0, 0.1) is 17.8 Å². The molecule has 14 N–H and O–H groups in total. The van der Waals surface area contributed by atoms with Crippen LogP contribution in [0.1, 0.15) is 159 Å². The van der Waals surface area contributed by atoms with Gasteiger partial charge < -0.3 is 78.8 Å². The van der Waals surface area contributed by atoms with E-state index >= 15 is 0 Å². The minimum absolute atomic E-state index is 0.0280. The van der Waals surface area contributed by atoms with Crippen molar-refractivity contribution in [3.05, 3.63) is 11.8 Å². The topological polar surface area (TPSA) is 409 Å². The highest BCUT2D eigenvalue weighted by atomic mass is 35.5. The van der Waals surface area contributed by atoms with Crippen LogP contribution in [-0.4, -0.2) is 190 Å². The first-order valence-electron chi connectivity index (χ1n) is 29.7. The highest BCUT2D eigenvalue weighted by Crippen LogP contribution is 2.25. The molecule has 0 radical (unpaired) electrons. The molecule has 85 heavy (non-hydrogen) atoms. The molecule has 2 aliphatic rings. The molecule has 482 valence electrons. The lowest BCUT2D eigenvalue weighted by Crippen LogP contribution is -2.62. The summed E-state index contributed by atoms with van der Waals surface area (Å²) < 4.78 is 5.43. The molecule has 0 aromatic rings. The summed E-state index contributed by atoms with van der Waals surface area (Å²) in [6, 6.07) is -12.0. The second kappa shape index (κ2) is 37.2. The molecule has 27 nitrogen and oxygen atoms in total. The predicted molar refractivity (Wildman–Crippen MR) is 315 cm³/mol. The van der Waals surface area contributed by atoms with E-state index in [1.165, 1.54) is 59.8 Å². The Morgan fingerprint density at radius 3 is 1.81 bits per heavy atom. The number of aliphatic hydroxyl groups is 2. The molecule has 2 heterocycles. The molecule has 0 aromatic carbocycles. The van der Waals surface area contributed by atoms with Crippen LogP contribution in [0.25, 0.3) is 0 Å². The molecular weight excluding hydrogens is 1130 g/mol. The molecular formula is C57H97ClN12O15. The molecule has 13 atom stereocenters. The van der Waals surface area contributed by atoms with E-state index in [1.807, 2.05) is 0 Å². The fourth-order valence-corrected chi connectivity index (χ4v) is 10.2. The number of nitrogens with one attached hydrogen (secondary N) is 8. The van der Waals surface area contributed by atoms with Crippen LogP contribution in [0.4, 0.5) is 0 Å². The predicted octanol–water partition coefficient (Wildman–Crippen LogP) is -0.743. The maximum absolute atomic E-state index is 14.7. The largest absolute Gasteiger partial charge is 0.391 e. The smallest absolute Gasteiger partial charge is 0.268 e. The molecule has 2 rings (SSSR count). The summed E-state index contributed by atoms with van der Waals surface area (Å²) in [5, 5.41) is 42.8. The number of halogens is 1. The number of primary amides is 2. The molecule has 0 aliphatic carbocycles. The van der Waals surface area contributed by atoms with Crippen molar-refractivity contribution in [1.29, 1.82) is 0 Å². The van der Waals surface area contributed by atoms with Gasteiger partial charge in [-0.05, 0) is 77.0 Å². The normalized spacial score (nSPS) is 26.6. The SMILES string of the molecule is C/C=C1/NC(=O)[C@H](C(C)C)NC(=O)[C@H](O)[C@@H]([C@@H](C)CCCCCCCCCC(Cl)CC)NC(=O)[C@@H]2CCCN2C(=O)[C@H](CC(N)=O)N(C)C(=O)[C@H]([C@H](C)OC)NC(=O)CNC(=O)[C@H](CCC(N)=O)NC(=O)[C@H](C(C)C)NC(=O)[C@H]([C@H](C)O)NC1=O. The number of allylic oxidation sites excluding steroid dienone is 1. The van der Waals surface area contributed by atoms with E-state index in [2.05, 4.69) is 49.5 Å². The zero-order chi connectivity index (χ0) is 64.4. The molecule has 28 heteroatoms. The van der Waals surface area contributed by atoms with Crippen LogP contribution in [0.3, 0.4) is 0 Å². The summed E-state index contributed by atoms with van der Waals surface area (Å²) in [6.45, 7) is 13.1. The van der Waals surface area contributed by atoms with Gasteiger partial charge in [-0.2, -0.15) is 0 Å². The van der Waals surface area contributed by atoms with Crippen LogP contribution < -0.4 is 54.0 Å². The van der Waals surface area contributed by atoms with Crippen molar-refractivity contribution in [2.45, 2.75) is 231 Å². The Balaban J connectivity index is 2.76. The van der Waals surface area contributed by atoms with Gasteiger partial charge in [-0.25, -0.2) is 0 Å². The second-order valence-corrected chi connectivity index (χ2v) is 23.6. The number of nitrogens with zero attached hydrogens (tertiary/aromatic N) is 2. The van der Waals surface area contributed by atoms with Crippen molar-refractivity contribution in [2.75, 3.05) is 27.2 Å². The van der Waals surface area contributed by atoms with E-state index in [0.717, 1.165) is 56.3 Å². The summed E-state index contributed by atoms with van der Waals surface area (Å²) in [4.78, 5) is 168. The quantitative estimate of drug-likeness (QED) is 0.0361. The van der Waals surface area contributed by atoms with Crippen molar-refractivity contribution >= 4 is 82.5 Å². The van der Waals surface area contributed by atoms with E-state index in [1.54, 1.807) is 20.8 Å². The maximum atomic E-state index is 14.7. The lowest BCUT2D eigenvalue weighted by molar-refractivity contribution is -0.151. The number of likely N-dealkylation sites (N-methyl/N-ethyl adjacent to an activating group) is 1. The number of hydrogen-bond donors (Lipinski definition) is 12. The Morgan fingerprint density at radius 2 is 1.27 bits per heavy atom. The number of amides is 12. The van der Waals surface area contributed by atoms with E-state index in [0.29, 0.717) is 12.8 Å². The molecule has 0 saturated carbocycles. The number of aliphatic hydroxyl groups excluding tert-OH is 2. The van der Waals surface area contributed by atoms with Gasteiger partial charge in [0, 0.05) is 32.5 Å². The van der Waals surface area contributed by atoms with Crippen molar-refractivity contribution < 1.29 is 72.5 Å². The fraction of sp³-hybridized carbons (Fsp3) is 0.754. The van der Waals surface area contributed by atoms with Crippen molar-refractivity contribution in [3.63, 3.8) is 0 Å². The van der Waals surface area contributed by atoms with Crippen LogP contribution in [0.15, 0.2) is 11.8 Å². The van der Waals surface area contributed by atoms with E-state index < -0.39 is 187 Å². The van der Waals surface area contributed by atoms with Crippen molar-refractivity contribution in [1.82, 2.24) is 52.3 Å². The maximum Gasteiger partial charge on any atom is 0.268 e. The first-order chi connectivity index (χ1) is 39.9. The molecule has 0 spiro atoms. The molecule has 0 aromatic heterocycles. The number of alkyl halides is 1. The highest BCUT2D eigenvalue weighted by molar-refractivity contribution is 6.20. The average Bonchev–Trinajstić information content (AvgIpc) is 3.90. The number of fused-ring (bicyclic) bond motifs is 1. The number of carbonyl (C=O) groups excluding carboxylic acids is 12. The number of unbranched alkanes of at least 4 members (excludes halogenated alkanes) is 6. The van der Waals surface area contributed by atoms with Gasteiger partial charge in [0.25, 0.3) is 11.8 Å². The Hall–Kier alpha value is -6.45. The van der Waals surface area contributed by atoms with Gasteiger partial charge in [-0.1, -0.05) is 92.6 Å². The summed E-state index contributed by atoms with van der Waals surface area (Å²) in [5.41, 5.74) is 10.6. The van der Waals surface area contributed by atoms with Crippen molar-refractivity contribution in [3.8, 4) is 0 Å². The molecule has 1 unspecified atom stereocenters. The summed E-state index contributed by atoms with van der Waals surface area (Å²) in [6.07, 6.45) is 3.98. The van der Waals surface area contributed by atoms with Gasteiger partial charge in [-0.15, -0.1) is 11.6 Å². The van der Waals surface area contributed by atoms with Gasteiger partial charge in [0.05, 0.1) is 31.2 Å². The van der Waals surface area contributed by atoms with E-state index in [9.17, 15) is 67.7 Å². The van der Waals surface area contributed by atoms with Gasteiger partial charge >= 0.3 is 0 Å². The zero-order valence-electron chi connectivity index (χ0n) is 51.4. The third kappa shape index (κ3) is 24.1. The Bertz CT molecular complexity index is 2340. The average molecular weight is 1230 g/mol. The molecule has 2 fully saturated rings. The number of carbonyl (C=O) groups is 12. The first-order valence-corrected chi connectivity index (χ1v) is 30.1. The fourth-order valence-electron chi connectivity index (χ4n) is 10.00. The third-order valence-corrected chi connectivity index (χ3v) is 16.0. The number of rotatable bonds is 22. The van der Waals surface area contributed by atoms with E-state index in [4.69, 9.17) is 27.8 Å². The first kappa shape index (κ1) is 74.6.